The van der Waals surface area contributed by atoms with Gasteiger partial charge in [-0.25, -0.2) is 9.59 Å². The molecule has 0 bridgehead atoms. The van der Waals surface area contributed by atoms with Gasteiger partial charge < -0.3 is 49.1 Å². The molecule has 5 aliphatic rings. The predicted octanol–water partition coefficient (Wildman–Crippen LogP) is 17.7. The van der Waals surface area contributed by atoms with Crippen LogP contribution < -0.4 is 16.4 Å². The first-order valence-electron chi connectivity index (χ1n) is 45.7. The highest BCUT2D eigenvalue weighted by molar-refractivity contribution is 6.22. The normalized spacial score (nSPS) is 16.1. The van der Waals surface area contributed by atoms with E-state index in [0.29, 0.717) is 35.3 Å². The Morgan fingerprint density at radius 3 is 1.24 bits per heavy atom. The summed E-state index contributed by atoms with van der Waals surface area (Å²) in [5, 5.41) is 6.06. The third kappa shape index (κ3) is 27.4. The molecule has 656 valence electrons. The lowest BCUT2D eigenvalue weighted by Crippen LogP contribution is -2.49. The molecule has 3 fully saturated rings. The zero-order valence-electron chi connectivity index (χ0n) is 74.2. The van der Waals surface area contributed by atoms with Crippen molar-refractivity contribution in [3.63, 3.8) is 0 Å². The number of piperidine rings is 2. The first kappa shape index (κ1) is 93.5. The molecule has 5 heterocycles. The highest BCUT2D eigenvalue weighted by Crippen LogP contribution is 2.44. The predicted molar refractivity (Wildman–Crippen MR) is 492 cm³/mol. The summed E-state index contributed by atoms with van der Waals surface area (Å²) < 4.78 is 13.3. The first-order chi connectivity index (χ1) is 59.7. The molecule has 8 aromatic rings. The number of quaternary nitrogens is 2. The first-order valence-corrected chi connectivity index (χ1v) is 45.7. The SMILES string of the molecule is CCN(C)CCCCCCCN1CCC(OC(=O)Nc2ccccc2-c2ccccc2)CC1.C[N+](C)(CCCCCCCN1CCC(OC(=O)NC(c2ccccc2)c2ccccc2)CC1)CCN1C(=O)c2ccccc2C1=O.C[N+](C)(CCCCCCN1CCC(C(C(N)=O)(c2ccccc2)c2ccccc2)C1)CCCN1C(=O)c2ccccc2C1=O. The second kappa shape index (κ2) is 47.6. The second-order valence-corrected chi connectivity index (χ2v) is 35.6. The number of rotatable bonds is 42. The molecule has 0 saturated carbocycles. The number of alkyl carbamates (subject to hydrolysis) is 1. The Bertz CT molecular complexity index is 4450. The molecule has 3 saturated heterocycles. The zero-order valence-corrected chi connectivity index (χ0v) is 74.2. The highest BCUT2D eigenvalue weighted by atomic mass is 16.6. The molecule has 8 aromatic carbocycles. The van der Waals surface area contributed by atoms with Crippen molar-refractivity contribution in [1.29, 1.82) is 0 Å². The van der Waals surface area contributed by atoms with Gasteiger partial charge in [0.15, 0.2) is 0 Å². The summed E-state index contributed by atoms with van der Waals surface area (Å²) in [6.07, 6.45) is 21.7. The molecule has 123 heavy (non-hydrogen) atoms. The van der Waals surface area contributed by atoms with Crippen molar-refractivity contribution < 1.29 is 52.0 Å². The summed E-state index contributed by atoms with van der Waals surface area (Å²) in [4.78, 5) is 102. The van der Waals surface area contributed by atoms with Gasteiger partial charge in [-0.3, -0.25) is 39.1 Å². The van der Waals surface area contributed by atoms with Crippen molar-refractivity contribution in [3.05, 3.63) is 269 Å². The average Bonchev–Trinajstić information content (AvgIpc) is 1.74. The lowest BCUT2D eigenvalue weighted by Gasteiger charge is -2.37. The van der Waals surface area contributed by atoms with E-state index in [9.17, 15) is 33.6 Å². The number of hydrogen-bond acceptors (Lipinski definition) is 13. The monoisotopic (exact) mass is 1670 g/mol. The number of likely N-dealkylation sites (tertiary alicyclic amines) is 3. The smallest absolute Gasteiger partial charge is 0.411 e. The van der Waals surface area contributed by atoms with E-state index in [4.69, 9.17) is 15.2 Å². The molecule has 5 aliphatic heterocycles. The summed E-state index contributed by atoms with van der Waals surface area (Å²) in [5.41, 5.74) is 14.4. The van der Waals surface area contributed by atoms with E-state index < -0.39 is 5.41 Å². The number of amides is 7. The third-order valence-electron chi connectivity index (χ3n) is 25.7. The lowest BCUT2D eigenvalue weighted by molar-refractivity contribution is -0.890. The van der Waals surface area contributed by atoms with Gasteiger partial charge in [0.25, 0.3) is 23.6 Å². The minimum atomic E-state index is -0.833. The van der Waals surface area contributed by atoms with E-state index >= 15 is 0 Å². The molecule has 13 rings (SSSR count). The maximum absolute atomic E-state index is 13.3. The Hall–Kier alpha value is -10.2. The van der Waals surface area contributed by atoms with Crippen LogP contribution in [-0.4, -0.2) is 239 Å². The van der Waals surface area contributed by atoms with Crippen LogP contribution in [0.2, 0.25) is 0 Å². The fraction of sp³-hybridized carbons (Fsp3) is 0.466. The Kier molecular flexibility index (Phi) is 36.2. The van der Waals surface area contributed by atoms with Gasteiger partial charge in [0.1, 0.15) is 17.6 Å². The van der Waals surface area contributed by atoms with E-state index in [2.05, 4.69) is 72.4 Å². The number of carbonyl (C=O) groups is 7. The number of anilines is 1. The highest BCUT2D eigenvalue weighted by Gasteiger charge is 2.50. The Labute approximate surface area is 732 Å². The largest absolute Gasteiger partial charge is 0.446 e. The number of fused-ring (bicyclic) bond motifs is 2. The average molecular weight is 1670 g/mol. The quantitative estimate of drug-likeness (QED) is 0.0185. The van der Waals surface area contributed by atoms with Crippen LogP contribution in [0.15, 0.2) is 224 Å². The topological polar surface area (TPSA) is 207 Å². The molecular weight excluding hydrogens is 1540 g/mol. The van der Waals surface area contributed by atoms with Crippen LogP contribution in [0.5, 0.6) is 0 Å². The molecule has 0 aliphatic carbocycles. The van der Waals surface area contributed by atoms with Gasteiger partial charge in [0.05, 0.1) is 94.9 Å². The minimum absolute atomic E-state index is 0.000642. The maximum Gasteiger partial charge on any atom is 0.411 e. The van der Waals surface area contributed by atoms with Crippen LogP contribution in [0.25, 0.3) is 11.1 Å². The van der Waals surface area contributed by atoms with Gasteiger partial charge in [-0.15, -0.1) is 0 Å². The summed E-state index contributed by atoms with van der Waals surface area (Å²) in [7, 11) is 11.0. The number of imide groups is 2. The van der Waals surface area contributed by atoms with E-state index in [1.807, 2.05) is 200 Å². The lowest BCUT2D eigenvalue weighted by atomic mass is 9.64. The number of ether oxygens (including phenoxy) is 2. The van der Waals surface area contributed by atoms with Crippen LogP contribution in [0.1, 0.15) is 205 Å². The van der Waals surface area contributed by atoms with Crippen LogP contribution in [0.4, 0.5) is 15.3 Å². The molecule has 0 aromatic heterocycles. The number of primary amides is 1. The number of para-hydroxylation sites is 1. The second-order valence-electron chi connectivity index (χ2n) is 35.6. The number of unbranched alkanes of at least 4 members (excludes halogenated alkanes) is 11. The minimum Gasteiger partial charge on any atom is -0.446 e. The van der Waals surface area contributed by atoms with Crippen LogP contribution >= 0.6 is 0 Å². The van der Waals surface area contributed by atoms with Gasteiger partial charge in [-0.2, -0.15) is 0 Å². The summed E-state index contributed by atoms with van der Waals surface area (Å²) >= 11 is 0. The summed E-state index contributed by atoms with van der Waals surface area (Å²) in [5.74, 6) is -0.812. The van der Waals surface area contributed by atoms with Crippen molar-refractivity contribution >= 4 is 47.4 Å². The Morgan fingerprint density at radius 1 is 0.415 bits per heavy atom. The Balaban J connectivity index is 0.000000182. The van der Waals surface area contributed by atoms with E-state index in [1.165, 1.54) is 87.0 Å². The van der Waals surface area contributed by atoms with Crippen LogP contribution in [0.3, 0.4) is 0 Å². The van der Waals surface area contributed by atoms with Crippen LogP contribution in [-0.2, 0) is 19.7 Å². The molecule has 7 amide bonds. The molecule has 1 atom stereocenters. The molecule has 0 spiro atoms. The molecular formula is C103H137N11O9+2. The van der Waals surface area contributed by atoms with E-state index in [0.717, 1.165) is 197 Å². The zero-order chi connectivity index (χ0) is 86.8. The fourth-order valence-electron chi connectivity index (χ4n) is 18.3. The molecule has 4 N–H and O–H groups in total. The van der Waals surface area contributed by atoms with Crippen LogP contribution in [0, 0.1) is 5.92 Å². The van der Waals surface area contributed by atoms with Gasteiger partial charge >= 0.3 is 12.2 Å². The number of nitrogens with one attached hydrogen (secondary N) is 2. The standard InChI is InChI=1S/C38H48N4O4.C37H46N4O3.C28H41N3O2/c1-42(2,29-27-41-36(43)33-20-12-13-21-34(33)37(41)44)28-15-5-3-4-14-24-40-25-22-32(23-26-40)46-38(45)39-35(30-16-8-6-9-17-30)31-18-10-7-11-19-31;1-41(2,27-15-24-40-34(42)32-20-11-12-21-33(32)35(40)43)26-14-4-3-13-23-39-25-22-31(28-39)37(36(38)44,29-16-7-5-8-17-29)30-18-9-6-10-19-30;1-3-30(2)20-12-5-4-6-13-21-31-22-18-25(19-23-31)33-28(32)29-27-17-11-10-16-26(27)24-14-8-7-9-15-24/h6-13,16-21,32,35H,3-5,14-15,22-29H2,1-2H3;5-12,16-21,31H,3-4,13-15,22-28H2,1-2H3,(H-,38,44);7-11,14-17,25H,3-6,12-13,18-23H2,1-2H3,(H,29,32)/p+2. The van der Waals surface area contributed by atoms with E-state index in [-0.39, 0.29) is 65.9 Å². The third-order valence-corrected chi connectivity index (χ3v) is 25.7. The van der Waals surface area contributed by atoms with Gasteiger partial charge in [0, 0.05) is 51.3 Å². The number of nitrogens with zero attached hydrogens (tertiary/aromatic N) is 8. The van der Waals surface area contributed by atoms with Gasteiger partial charge in [0.2, 0.25) is 5.91 Å². The fourth-order valence-corrected chi connectivity index (χ4v) is 18.3. The van der Waals surface area contributed by atoms with Crippen molar-refractivity contribution in [1.82, 2.24) is 34.7 Å². The maximum atomic E-state index is 13.3. The van der Waals surface area contributed by atoms with Crippen molar-refractivity contribution in [3.8, 4) is 11.1 Å². The molecule has 1 unspecified atom stereocenters. The number of likely N-dealkylation sites (N-methyl/N-ethyl adjacent to an activating group) is 1. The number of nitrogens with two attached hydrogens (primary N) is 1. The number of hydrogen-bond donors (Lipinski definition) is 3. The van der Waals surface area contributed by atoms with Crippen molar-refractivity contribution in [2.24, 2.45) is 11.7 Å². The molecule has 20 nitrogen and oxygen atoms in total. The molecule has 20 heteroatoms. The summed E-state index contributed by atoms with van der Waals surface area (Å²) in [6, 6.07) is 72.1. The Morgan fingerprint density at radius 2 is 0.780 bits per heavy atom. The van der Waals surface area contributed by atoms with Crippen molar-refractivity contribution in [2.45, 2.75) is 159 Å². The molecule has 0 radical (unpaired) electrons. The number of benzene rings is 8. The van der Waals surface area contributed by atoms with E-state index in [1.54, 1.807) is 24.3 Å². The number of carbonyl (C=O) groups excluding carboxylic acids is 7. The van der Waals surface area contributed by atoms with Crippen molar-refractivity contribution in [2.75, 3.05) is 152 Å². The van der Waals surface area contributed by atoms with Gasteiger partial charge in [-0.05, 0) is 194 Å². The van der Waals surface area contributed by atoms with Gasteiger partial charge in [-0.1, -0.05) is 240 Å². The summed E-state index contributed by atoms with van der Waals surface area (Å²) in [6.45, 7) is 18.4.